The van der Waals surface area contributed by atoms with E-state index in [-0.39, 0.29) is 37.3 Å². The first-order valence-corrected chi connectivity index (χ1v) is 17.5. The summed E-state index contributed by atoms with van der Waals surface area (Å²) in [7, 11) is 0. The van der Waals surface area contributed by atoms with Crippen molar-refractivity contribution in [3.8, 4) is 11.1 Å². The monoisotopic (exact) mass is 697 g/mol. The van der Waals surface area contributed by atoms with Crippen molar-refractivity contribution in [2.45, 2.75) is 93.0 Å². The van der Waals surface area contributed by atoms with Gasteiger partial charge in [0, 0.05) is 48.7 Å². The highest BCUT2D eigenvalue weighted by molar-refractivity contribution is 5.86. The number of aliphatic carboxylic acids is 1. The zero-order valence-corrected chi connectivity index (χ0v) is 31.0. The third-order valence-corrected chi connectivity index (χ3v) is 8.78. The first kappa shape index (κ1) is 39.0. The smallest absolute Gasteiger partial charge is 0.410 e. The van der Waals surface area contributed by atoms with Gasteiger partial charge in [-0.15, -0.1) is 0 Å². The van der Waals surface area contributed by atoms with Gasteiger partial charge in [0.2, 0.25) is 0 Å². The molecule has 1 saturated heterocycles. The fourth-order valence-corrected chi connectivity index (χ4v) is 6.06. The lowest BCUT2D eigenvalue weighted by atomic mass is 9.82. The molecule has 0 atom stereocenters. The number of amides is 1. The van der Waals surface area contributed by atoms with E-state index < -0.39 is 17.7 Å². The Bertz CT molecular complexity index is 1750. The summed E-state index contributed by atoms with van der Waals surface area (Å²) >= 11 is 0. The van der Waals surface area contributed by atoms with Crippen LogP contribution in [-0.2, 0) is 35.6 Å². The first-order valence-electron chi connectivity index (χ1n) is 17.5. The summed E-state index contributed by atoms with van der Waals surface area (Å²) in [4.78, 5) is 34.0. The number of hydrogen-bond donors (Lipinski definition) is 2. The number of carboxylic acid groups (broad SMARTS) is 1. The maximum atomic E-state index is 13.6. The minimum Gasteiger partial charge on any atom is -0.481 e. The SMILES string of the molecule is CC(C)(C)O.Cc1nc(C)c(-c2ccc(CN(Cc3ccc(F)cc3)C(=O)OCc3ccccc3)cc2)c(N2CCC(C)(C)CC2)c1CC(=O)O. The maximum absolute atomic E-state index is 13.6. The Hall–Kier alpha value is -4.76. The summed E-state index contributed by atoms with van der Waals surface area (Å²) in [6.07, 6.45) is 1.47. The van der Waals surface area contributed by atoms with Crippen molar-refractivity contribution in [1.29, 1.82) is 0 Å². The largest absolute Gasteiger partial charge is 0.481 e. The molecule has 9 heteroatoms. The highest BCUT2D eigenvalue weighted by atomic mass is 19.1. The number of carbonyl (C=O) groups excluding carboxylic acids is 1. The second-order valence-corrected chi connectivity index (χ2v) is 15.1. The Balaban J connectivity index is 0.00000109. The number of rotatable bonds is 10. The molecular weight excluding hydrogens is 645 g/mol. The molecule has 272 valence electrons. The third kappa shape index (κ3) is 11.9. The standard InChI is InChI=1S/C38H42FN3O4.C4H10O/c1-26-33(22-34(43)44)36(41-20-18-38(3,4)19-21-41)35(27(2)40-26)31-14-10-28(11-15-31)23-42(24-29-12-16-32(39)17-13-29)37(45)46-25-30-8-6-5-7-9-30;1-4(2,3)5/h5-17H,18-25H2,1-4H3,(H,43,44);5H,1-3H3. The van der Waals surface area contributed by atoms with Crippen molar-refractivity contribution in [3.05, 3.63) is 118 Å². The van der Waals surface area contributed by atoms with Crippen LogP contribution >= 0.6 is 0 Å². The molecule has 8 nitrogen and oxygen atoms in total. The predicted molar refractivity (Wildman–Crippen MR) is 200 cm³/mol. The van der Waals surface area contributed by atoms with Crippen molar-refractivity contribution < 1.29 is 28.9 Å². The average molecular weight is 698 g/mol. The van der Waals surface area contributed by atoms with Crippen molar-refractivity contribution >= 4 is 17.7 Å². The Morgan fingerprint density at radius 3 is 1.92 bits per heavy atom. The van der Waals surface area contributed by atoms with Crippen LogP contribution in [0.4, 0.5) is 14.9 Å². The van der Waals surface area contributed by atoms with E-state index in [9.17, 15) is 19.1 Å². The van der Waals surface area contributed by atoms with Gasteiger partial charge in [-0.1, -0.05) is 80.6 Å². The summed E-state index contributed by atoms with van der Waals surface area (Å²) in [5.74, 6) is -1.22. The van der Waals surface area contributed by atoms with E-state index in [0.29, 0.717) is 0 Å². The number of carbonyl (C=O) groups is 2. The molecule has 5 rings (SSSR count). The molecule has 1 aliphatic rings. The van der Waals surface area contributed by atoms with E-state index in [1.807, 2.05) is 68.4 Å². The number of aromatic nitrogens is 1. The van der Waals surface area contributed by atoms with Crippen LogP contribution in [0.15, 0.2) is 78.9 Å². The zero-order valence-electron chi connectivity index (χ0n) is 31.0. The number of benzene rings is 3. The lowest BCUT2D eigenvalue weighted by Crippen LogP contribution is -2.38. The molecule has 0 bridgehead atoms. The van der Waals surface area contributed by atoms with E-state index in [0.717, 1.165) is 76.4 Å². The summed E-state index contributed by atoms with van der Waals surface area (Å²) in [6, 6.07) is 23.6. The lowest BCUT2D eigenvalue weighted by molar-refractivity contribution is -0.136. The predicted octanol–water partition coefficient (Wildman–Crippen LogP) is 8.87. The Morgan fingerprint density at radius 1 is 0.863 bits per heavy atom. The van der Waals surface area contributed by atoms with E-state index >= 15 is 0 Å². The number of pyridine rings is 1. The van der Waals surface area contributed by atoms with Gasteiger partial charge in [-0.25, -0.2) is 9.18 Å². The molecule has 1 aliphatic heterocycles. The maximum Gasteiger partial charge on any atom is 0.410 e. The number of aryl methyl sites for hydroxylation is 2. The molecule has 0 aliphatic carbocycles. The van der Waals surface area contributed by atoms with Gasteiger partial charge in [-0.3, -0.25) is 14.7 Å². The molecular formula is C42H52FN3O5. The fourth-order valence-electron chi connectivity index (χ4n) is 6.06. The highest BCUT2D eigenvalue weighted by Crippen LogP contribution is 2.41. The van der Waals surface area contributed by atoms with Crippen LogP contribution in [0.25, 0.3) is 11.1 Å². The molecule has 0 radical (unpaired) electrons. The van der Waals surface area contributed by atoms with Crippen LogP contribution in [0, 0.1) is 25.1 Å². The second-order valence-electron chi connectivity index (χ2n) is 15.1. The van der Waals surface area contributed by atoms with Gasteiger partial charge in [0.15, 0.2) is 0 Å². The van der Waals surface area contributed by atoms with E-state index in [1.165, 1.54) is 12.1 Å². The van der Waals surface area contributed by atoms with E-state index in [1.54, 1.807) is 37.8 Å². The van der Waals surface area contributed by atoms with Gasteiger partial charge in [-0.2, -0.15) is 0 Å². The highest BCUT2D eigenvalue weighted by Gasteiger charge is 2.30. The van der Waals surface area contributed by atoms with Crippen LogP contribution in [0.1, 0.15) is 81.1 Å². The van der Waals surface area contributed by atoms with Crippen LogP contribution in [0.2, 0.25) is 0 Å². The number of ether oxygens (including phenoxy) is 1. The van der Waals surface area contributed by atoms with E-state index in [4.69, 9.17) is 14.8 Å². The lowest BCUT2D eigenvalue weighted by Gasteiger charge is -2.40. The molecule has 2 N–H and O–H groups in total. The van der Waals surface area contributed by atoms with Crippen molar-refractivity contribution in [2.75, 3.05) is 18.0 Å². The molecule has 0 unspecified atom stereocenters. The molecule has 51 heavy (non-hydrogen) atoms. The third-order valence-electron chi connectivity index (χ3n) is 8.78. The number of hydrogen-bond acceptors (Lipinski definition) is 6. The van der Waals surface area contributed by atoms with Gasteiger partial charge in [0.1, 0.15) is 12.4 Å². The molecule has 3 aromatic carbocycles. The average Bonchev–Trinajstić information content (AvgIpc) is 3.05. The molecule has 1 fully saturated rings. The Kier molecular flexibility index (Phi) is 13.0. The molecule has 0 saturated carbocycles. The minimum atomic E-state index is -0.881. The van der Waals surface area contributed by atoms with Crippen molar-refractivity contribution in [2.24, 2.45) is 5.41 Å². The first-order chi connectivity index (χ1) is 24.0. The summed E-state index contributed by atoms with van der Waals surface area (Å²) in [5, 5.41) is 18.3. The second kappa shape index (κ2) is 17.0. The van der Waals surface area contributed by atoms with Gasteiger partial charge in [0.25, 0.3) is 0 Å². The van der Waals surface area contributed by atoms with Gasteiger partial charge >= 0.3 is 12.1 Å². The van der Waals surface area contributed by atoms with Crippen molar-refractivity contribution in [1.82, 2.24) is 9.88 Å². The summed E-state index contributed by atoms with van der Waals surface area (Å²) in [5.41, 5.74) is 7.50. The zero-order chi connectivity index (χ0) is 37.3. The minimum absolute atomic E-state index is 0.0944. The Morgan fingerprint density at radius 2 is 1.39 bits per heavy atom. The number of aliphatic hydroxyl groups is 1. The summed E-state index contributed by atoms with van der Waals surface area (Å²) in [6.45, 7) is 16.0. The van der Waals surface area contributed by atoms with Gasteiger partial charge < -0.3 is 19.8 Å². The number of halogens is 1. The fraction of sp³-hybridized carbons (Fsp3) is 0.405. The molecule has 2 heterocycles. The van der Waals surface area contributed by atoms with E-state index in [2.05, 4.69) is 18.7 Å². The van der Waals surface area contributed by atoms with Gasteiger partial charge in [0.05, 0.1) is 17.7 Å². The van der Waals surface area contributed by atoms with Crippen LogP contribution in [-0.4, -0.2) is 50.9 Å². The normalized spacial score (nSPS) is 13.9. The molecule has 4 aromatic rings. The number of anilines is 1. The van der Waals surface area contributed by atoms with Crippen LogP contribution in [0.3, 0.4) is 0 Å². The number of nitrogens with zero attached hydrogens (tertiary/aromatic N) is 3. The number of piperidine rings is 1. The molecule has 1 amide bonds. The molecule has 0 spiro atoms. The number of carboxylic acids is 1. The Labute approximate surface area is 301 Å². The topological polar surface area (TPSA) is 103 Å². The van der Waals surface area contributed by atoms with Crippen LogP contribution < -0.4 is 4.90 Å². The van der Waals surface area contributed by atoms with Crippen molar-refractivity contribution in [3.63, 3.8) is 0 Å². The quantitative estimate of drug-likeness (QED) is 0.171. The van der Waals surface area contributed by atoms with Crippen LogP contribution in [0.5, 0.6) is 0 Å². The summed E-state index contributed by atoms with van der Waals surface area (Å²) < 4.78 is 19.3. The van der Waals surface area contributed by atoms with Gasteiger partial charge in [-0.05, 0) is 87.3 Å². The molecule has 1 aromatic heterocycles.